The summed E-state index contributed by atoms with van der Waals surface area (Å²) in [7, 11) is 0. The van der Waals surface area contributed by atoms with E-state index in [-0.39, 0.29) is 22.4 Å². The summed E-state index contributed by atoms with van der Waals surface area (Å²) in [5, 5.41) is 11.9. The van der Waals surface area contributed by atoms with Gasteiger partial charge in [0, 0.05) is 12.2 Å². The number of nitrogens with one attached hydrogen (secondary N) is 1. The first kappa shape index (κ1) is 14.3. The van der Waals surface area contributed by atoms with Gasteiger partial charge in [-0.05, 0) is 24.0 Å². The van der Waals surface area contributed by atoms with Gasteiger partial charge in [-0.15, -0.1) is 0 Å². The monoisotopic (exact) mass is 254 g/mol. The highest BCUT2D eigenvalue weighted by molar-refractivity contribution is 5.94. The van der Waals surface area contributed by atoms with E-state index in [4.69, 9.17) is 10.8 Å². The molecule has 0 aliphatic rings. The molecule has 1 rings (SSSR count). The molecule has 0 amide bonds. The molecule has 0 saturated carbocycles. The molecule has 0 radical (unpaired) electrons. The van der Waals surface area contributed by atoms with Crippen LogP contribution in [0.4, 0.5) is 15.8 Å². The maximum atomic E-state index is 13.6. The molecular formula is C13H19FN2O2. The zero-order chi connectivity index (χ0) is 13.9. The number of hydrogen-bond acceptors (Lipinski definition) is 3. The number of hydrogen-bond donors (Lipinski definition) is 3. The van der Waals surface area contributed by atoms with Crippen LogP contribution in [0, 0.1) is 11.2 Å². The normalized spacial score (nSPS) is 11.3. The summed E-state index contributed by atoms with van der Waals surface area (Å²) in [4.78, 5) is 10.9. The average molecular weight is 254 g/mol. The van der Waals surface area contributed by atoms with Crippen molar-refractivity contribution in [3.05, 3.63) is 23.5 Å². The minimum atomic E-state index is -1.16. The van der Waals surface area contributed by atoms with Gasteiger partial charge in [-0.3, -0.25) is 0 Å². The van der Waals surface area contributed by atoms with Gasteiger partial charge in [0.05, 0.1) is 11.3 Å². The second-order valence-corrected chi connectivity index (χ2v) is 5.10. The van der Waals surface area contributed by atoms with Gasteiger partial charge in [0.2, 0.25) is 0 Å². The SMILES string of the molecule is CCC(C)(C)CNc1cc(C(=O)O)c(N)cc1F. The Kier molecular flexibility index (Phi) is 4.16. The predicted octanol–water partition coefficient (Wildman–Crippen LogP) is 2.95. The van der Waals surface area contributed by atoms with Crippen LogP contribution in [0.1, 0.15) is 37.6 Å². The fourth-order valence-electron chi connectivity index (χ4n) is 1.37. The number of halogens is 1. The van der Waals surface area contributed by atoms with Crippen LogP contribution in [-0.4, -0.2) is 17.6 Å². The van der Waals surface area contributed by atoms with Gasteiger partial charge in [0.15, 0.2) is 0 Å². The maximum absolute atomic E-state index is 13.6. The van der Waals surface area contributed by atoms with Crippen LogP contribution in [0.3, 0.4) is 0 Å². The Morgan fingerprint density at radius 1 is 1.50 bits per heavy atom. The standard InChI is InChI=1S/C13H19FN2O2/c1-4-13(2,3)7-16-11-5-8(12(17)18)10(15)6-9(11)14/h5-6,16H,4,7,15H2,1-3H3,(H,17,18). The molecule has 0 saturated heterocycles. The van der Waals surface area contributed by atoms with E-state index in [1.165, 1.54) is 6.07 Å². The number of anilines is 2. The number of aromatic carboxylic acids is 1. The van der Waals surface area contributed by atoms with E-state index in [1.54, 1.807) is 0 Å². The van der Waals surface area contributed by atoms with E-state index in [0.29, 0.717) is 6.54 Å². The Morgan fingerprint density at radius 3 is 2.61 bits per heavy atom. The molecule has 0 fully saturated rings. The molecule has 0 aromatic heterocycles. The third-order valence-corrected chi connectivity index (χ3v) is 3.08. The maximum Gasteiger partial charge on any atom is 0.337 e. The number of rotatable bonds is 5. The molecule has 0 spiro atoms. The molecule has 100 valence electrons. The summed E-state index contributed by atoms with van der Waals surface area (Å²) in [6.45, 7) is 6.70. The van der Waals surface area contributed by atoms with E-state index in [1.807, 2.05) is 20.8 Å². The zero-order valence-corrected chi connectivity index (χ0v) is 10.9. The predicted molar refractivity (Wildman–Crippen MR) is 70.3 cm³/mol. The Balaban J connectivity index is 2.96. The van der Waals surface area contributed by atoms with Crippen molar-refractivity contribution in [1.82, 2.24) is 0 Å². The molecule has 0 atom stereocenters. The Bertz CT molecular complexity index is 459. The van der Waals surface area contributed by atoms with Gasteiger partial charge >= 0.3 is 5.97 Å². The van der Waals surface area contributed by atoms with Gasteiger partial charge in [-0.25, -0.2) is 9.18 Å². The van der Waals surface area contributed by atoms with E-state index in [9.17, 15) is 9.18 Å². The molecule has 4 N–H and O–H groups in total. The van der Waals surface area contributed by atoms with Crippen molar-refractivity contribution in [1.29, 1.82) is 0 Å². The largest absolute Gasteiger partial charge is 0.478 e. The summed E-state index contributed by atoms with van der Waals surface area (Å²) < 4.78 is 13.6. The molecule has 0 aliphatic carbocycles. The molecule has 1 aromatic carbocycles. The highest BCUT2D eigenvalue weighted by atomic mass is 19.1. The van der Waals surface area contributed by atoms with Gasteiger partial charge in [0.1, 0.15) is 5.82 Å². The fourth-order valence-corrected chi connectivity index (χ4v) is 1.37. The second kappa shape index (κ2) is 5.25. The molecular weight excluding hydrogens is 235 g/mol. The van der Waals surface area contributed by atoms with Crippen molar-refractivity contribution < 1.29 is 14.3 Å². The lowest BCUT2D eigenvalue weighted by atomic mass is 9.90. The van der Waals surface area contributed by atoms with Crippen molar-refractivity contribution in [3.63, 3.8) is 0 Å². The molecule has 0 aliphatic heterocycles. The first-order chi connectivity index (χ1) is 8.26. The zero-order valence-electron chi connectivity index (χ0n) is 10.9. The van der Waals surface area contributed by atoms with Crippen molar-refractivity contribution in [2.75, 3.05) is 17.6 Å². The Labute approximate surface area is 106 Å². The Morgan fingerprint density at radius 2 is 2.11 bits per heavy atom. The van der Waals surface area contributed by atoms with Gasteiger partial charge in [-0.1, -0.05) is 20.8 Å². The molecule has 0 bridgehead atoms. The molecule has 1 aromatic rings. The minimum absolute atomic E-state index is 0.0111. The van der Waals surface area contributed by atoms with Crippen LogP contribution >= 0.6 is 0 Å². The average Bonchev–Trinajstić information content (AvgIpc) is 2.27. The highest BCUT2D eigenvalue weighted by Crippen LogP contribution is 2.25. The number of nitrogens with two attached hydrogens (primary N) is 1. The van der Waals surface area contributed by atoms with Crippen LogP contribution in [0.25, 0.3) is 0 Å². The lowest BCUT2D eigenvalue weighted by Crippen LogP contribution is -2.22. The number of carboxylic acid groups (broad SMARTS) is 1. The van der Waals surface area contributed by atoms with Crippen molar-refractivity contribution in [2.45, 2.75) is 27.2 Å². The first-order valence-electron chi connectivity index (χ1n) is 5.83. The van der Waals surface area contributed by atoms with Crippen molar-refractivity contribution >= 4 is 17.3 Å². The summed E-state index contributed by atoms with van der Waals surface area (Å²) in [6.07, 6.45) is 0.933. The summed E-state index contributed by atoms with van der Waals surface area (Å²) in [5.74, 6) is -1.70. The van der Waals surface area contributed by atoms with Crippen LogP contribution < -0.4 is 11.1 Å². The van der Waals surface area contributed by atoms with Gasteiger partial charge in [0.25, 0.3) is 0 Å². The number of benzene rings is 1. The lowest BCUT2D eigenvalue weighted by molar-refractivity contribution is 0.0698. The van der Waals surface area contributed by atoms with Gasteiger partial charge < -0.3 is 16.2 Å². The summed E-state index contributed by atoms with van der Waals surface area (Å²) in [6, 6.07) is 2.27. The van der Waals surface area contributed by atoms with Crippen LogP contribution in [-0.2, 0) is 0 Å². The topological polar surface area (TPSA) is 75.3 Å². The van der Waals surface area contributed by atoms with Crippen LogP contribution in [0.5, 0.6) is 0 Å². The molecule has 0 heterocycles. The van der Waals surface area contributed by atoms with E-state index < -0.39 is 11.8 Å². The quantitative estimate of drug-likeness (QED) is 0.706. The number of nitrogen functional groups attached to an aromatic ring is 1. The smallest absolute Gasteiger partial charge is 0.337 e. The van der Waals surface area contributed by atoms with E-state index in [2.05, 4.69) is 5.32 Å². The van der Waals surface area contributed by atoms with E-state index >= 15 is 0 Å². The van der Waals surface area contributed by atoms with Crippen molar-refractivity contribution in [2.24, 2.45) is 5.41 Å². The fraction of sp³-hybridized carbons (Fsp3) is 0.462. The summed E-state index contributed by atoms with van der Waals surface area (Å²) in [5.41, 5.74) is 5.47. The minimum Gasteiger partial charge on any atom is -0.478 e. The number of carbonyl (C=O) groups is 1. The molecule has 18 heavy (non-hydrogen) atoms. The highest BCUT2D eigenvalue weighted by Gasteiger charge is 2.17. The van der Waals surface area contributed by atoms with Crippen LogP contribution in [0.2, 0.25) is 0 Å². The lowest BCUT2D eigenvalue weighted by Gasteiger charge is -2.24. The third-order valence-electron chi connectivity index (χ3n) is 3.08. The molecule has 4 nitrogen and oxygen atoms in total. The second-order valence-electron chi connectivity index (χ2n) is 5.10. The van der Waals surface area contributed by atoms with Crippen LogP contribution in [0.15, 0.2) is 12.1 Å². The third kappa shape index (κ3) is 3.35. The first-order valence-corrected chi connectivity index (χ1v) is 5.83. The van der Waals surface area contributed by atoms with E-state index in [0.717, 1.165) is 12.5 Å². The number of carboxylic acids is 1. The Hall–Kier alpha value is -1.78. The molecule has 0 unspecified atom stereocenters. The summed E-state index contributed by atoms with van der Waals surface area (Å²) >= 11 is 0. The van der Waals surface area contributed by atoms with Crippen molar-refractivity contribution in [3.8, 4) is 0 Å². The molecule has 5 heteroatoms. The van der Waals surface area contributed by atoms with Gasteiger partial charge in [-0.2, -0.15) is 0 Å².